The number of ether oxygens (including phenoxy) is 1. The second-order valence-corrected chi connectivity index (χ2v) is 3.66. The van der Waals surface area contributed by atoms with Crippen LogP contribution >= 0.6 is 0 Å². The van der Waals surface area contributed by atoms with Crippen molar-refractivity contribution in [2.24, 2.45) is 0 Å². The maximum atomic E-state index is 5.82. The molecule has 0 bridgehead atoms. The molecule has 0 amide bonds. The molecule has 0 atom stereocenters. The first-order chi connectivity index (χ1) is 8.27. The van der Waals surface area contributed by atoms with Gasteiger partial charge in [-0.1, -0.05) is 56.2 Å². The molecule has 84 valence electrons. The Kier molecular flexibility index (Phi) is 3.10. The molecule has 0 saturated heterocycles. The summed E-state index contributed by atoms with van der Waals surface area (Å²) in [6.07, 6.45) is 7.16. The van der Waals surface area contributed by atoms with E-state index in [4.69, 9.17) is 4.74 Å². The van der Waals surface area contributed by atoms with E-state index < -0.39 is 0 Å². The van der Waals surface area contributed by atoms with Crippen LogP contribution < -0.4 is 4.74 Å². The second-order valence-electron chi connectivity index (χ2n) is 3.66. The molecule has 1 heteroatoms. The van der Waals surface area contributed by atoms with Crippen molar-refractivity contribution in [1.82, 2.24) is 0 Å². The molecule has 0 saturated carbocycles. The van der Waals surface area contributed by atoms with Crippen LogP contribution in [0.5, 0.6) is 5.75 Å². The number of benzene rings is 1. The summed E-state index contributed by atoms with van der Waals surface area (Å²) < 4.78 is 5.82. The quantitative estimate of drug-likeness (QED) is 0.726. The van der Waals surface area contributed by atoms with Crippen molar-refractivity contribution in [2.45, 2.75) is 0 Å². The van der Waals surface area contributed by atoms with Crippen molar-refractivity contribution < 1.29 is 4.74 Å². The lowest BCUT2D eigenvalue weighted by Gasteiger charge is -2.24. The molecule has 0 aromatic heterocycles. The van der Waals surface area contributed by atoms with Gasteiger partial charge in [-0.05, 0) is 17.7 Å². The molecule has 0 fully saturated rings. The Hall–Kier alpha value is -2.28. The molecule has 1 aromatic rings. The standard InChI is InChI=1S/C16H14O/c1-4-8-13-12(3)14-10-6-7-11-16(14)17-15(13)9-5-2/h4-11H,1-3H2/b13-8-,15-9+. The van der Waals surface area contributed by atoms with Crippen molar-refractivity contribution in [3.05, 3.63) is 85.2 Å². The molecular weight excluding hydrogens is 208 g/mol. The predicted molar refractivity (Wildman–Crippen MR) is 72.7 cm³/mol. The molecule has 0 N–H and O–H groups in total. The van der Waals surface area contributed by atoms with Crippen LogP contribution in [0.4, 0.5) is 0 Å². The fourth-order valence-electron chi connectivity index (χ4n) is 1.80. The molecule has 17 heavy (non-hydrogen) atoms. The van der Waals surface area contributed by atoms with Crippen LogP contribution in [0.1, 0.15) is 5.56 Å². The van der Waals surface area contributed by atoms with Gasteiger partial charge in [0.2, 0.25) is 0 Å². The first kappa shape index (κ1) is 11.2. The summed E-state index contributed by atoms with van der Waals surface area (Å²) in [4.78, 5) is 0. The van der Waals surface area contributed by atoms with Crippen LogP contribution in [-0.4, -0.2) is 0 Å². The fourth-order valence-corrected chi connectivity index (χ4v) is 1.80. The minimum absolute atomic E-state index is 0.753. The smallest absolute Gasteiger partial charge is 0.135 e. The van der Waals surface area contributed by atoms with Crippen LogP contribution in [0.15, 0.2) is 79.6 Å². The zero-order chi connectivity index (χ0) is 12.3. The maximum absolute atomic E-state index is 5.82. The van der Waals surface area contributed by atoms with Gasteiger partial charge in [-0.15, -0.1) is 0 Å². The molecular formula is C16H14O. The van der Waals surface area contributed by atoms with E-state index in [9.17, 15) is 0 Å². The van der Waals surface area contributed by atoms with E-state index >= 15 is 0 Å². The van der Waals surface area contributed by atoms with Gasteiger partial charge in [0.05, 0.1) is 0 Å². The van der Waals surface area contributed by atoms with Crippen LogP contribution in [-0.2, 0) is 0 Å². The minimum atomic E-state index is 0.753. The Bertz CT molecular complexity index is 544. The lowest BCUT2D eigenvalue weighted by molar-refractivity contribution is 0.432. The number of hydrogen-bond donors (Lipinski definition) is 0. The first-order valence-electron chi connectivity index (χ1n) is 5.40. The predicted octanol–water partition coefficient (Wildman–Crippen LogP) is 4.27. The second kappa shape index (κ2) is 4.71. The van der Waals surface area contributed by atoms with E-state index in [1.807, 2.05) is 36.4 Å². The van der Waals surface area contributed by atoms with Gasteiger partial charge >= 0.3 is 0 Å². The van der Waals surface area contributed by atoms with Crippen LogP contribution in [0.3, 0.4) is 0 Å². The number of fused-ring (bicyclic) bond motifs is 1. The van der Waals surface area contributed by atoms with E-state index in [-0.39, 0.29) is 0 Å². The van der Waals surface area contributed by atoms with E-state index in [0.29, 0.717) is 0 Å². The normalized spacial score (nSPS) is 18.7. The third-order valence-corrected chi connectivity index (χ3v) is 2.58. The lowest BCUT2D eigenvalue weighted by atomic mass is 9.94. The SMILES string of the molecule is C=C/C=C1/C(=C)c2ccccc2O/C1=C/C=C. The topological polar surface area (TPSA) is 9.23 Å². The summed E-state index contributed by atoms with van der Waals surface area (Å²) >= 11 is 0. The monoisotopic (exact) mass is 222 g/mol. The van der Waals surface area contributed by atoms with Gasteiger partial charge in [0.15, 0.2) is 0 Å². The zero-order valence-corrected chi connectivity index (χ0v) is 9.65. The summed E-state index contributed by atoms with van der Waals surface area (Å²) in [7, 11) is 0. The summed E-state index contributed by atoms with van der Waals surface area (Å²) in [5, 5.41) is 0. The molecule has 1 aliphatic rings. The highest BCUT2D eigenvalue weighted by Crippen LogP contribution is 2.39. The summed E-state index contributed by atoms with van der Waals surface area (Å²) in [6, 6.07) is 7.85. The van der Waals surface area contributed by atoms with Crippen molar-refractivity contribution in [1.29, 1.82) is 0 Å². The van der Waals surface area contributed by atoms with Gasteiger partial charge in [0, 0.05) is 11.1 Å². The Morgan fingerprint density at radius 3 is 2.41 bits per heavy atom. The van der Waals surface area contributed by atoms with Crippen LogP contribution in [0, 0.1) is 0 Å². The number of allylic oxidation sites excluding steroid dienone is 5. The Balaban J connectivity index is 2.60. The van der Waals surface area contributed by atoms with Gasteiger partial charge in [-0.2, -0.15) is 0 Å². The molecule has 1 nitrogen and oxygen atoms in total. The Morgan fingerprint density at radius 1 is 1.00 bits per heavy atom. The average Bonchev–Trinajstić information content (AvgIpc) is 2.34. The van der Waals surface area contributed by atoms with Crippen molar-refractivity contribution in [3.63, 3.8) is 0 Å². The zero-order valence-electron chi connectivity index (χ0n) is 9.65. The third kappa shape index (κ3) is 2.00. The van der Waals surface area contributed by atoms with Gasteiger partial charge in [-0.3, -0.25) is 0 Å². The molecule has 2 rings (SSSR count). The summed E-state index contributed by atoms with van der Waals surface area (Å²) in [6.45, 7) is 11.5. The number of rotatable bonds is 2. The maximum Gasteiger partial charge on any atom is 0.135 e. The van der Waals surface area contributed by atoms with Crippen molar-refractivity contribution in [2.75, 3.05) is 0 Å². The highest BCUT2D eigenvalue weighted by Gasteiger charge is 2.21. The van der Waals surface area contributed by atoms with Crippen LogP contribution in [0.25, 0.3) is 5.57 Å². The Morgan fingerprint density at radius 2 is 1.71 bits per heavy atom. The molecule has 1 heterocycles. The van der Waals surface area contributed by atoms with E-state index in [2.05, 4.69) is 19.7 Å². The molecule has 0 unspecified atom stereocenters. The van der Waals surface area contributed by atoms with E-state index in [0.717, 1.165) is 28.2 Å². The lowest BCUT2D eigenvalue weighted by Crippen LogP contribution is -2.08. The van der Waals surface area contributed by atoms with Gasteiger partial charge < -0.3 is 4.74 Å². The van der Waals surface area contributed by atoms with Gasteiger partial charge in [-0.25, -0.2) is 0 Å². The molecule has 0 spiro atoms. The first-order valence-corrected chi connectivity index (χ1v) is 5.40. The number of para-hydroxylation sites is 1. The molecule has 0 aliphatic carbocycles. The average molecular weight is 222 g/mol. The van der Waals surface area contributed by atoms with Gasteiger partial charge in [0.1, 0.15) is 11.5 Å². The van der Waals surface area contributed by atoms with Crippen molar-refractivity contribution in [3.8, 4) is 5.75 Å². The van der Waals surface area contributed by atoms with E-state index in [1.165, 1.54) is 0 Å². The largest absolute Gasteiger partial charge is 0.456 e. The highest BCUT2D eigenvalue weighted by molar-refractivity contribution is 5.87. The molecule has 1 aromatic carbocycles. The van der Waals surface area contributed by atoms with E-state index in [1.54, 1.807) is 12.2 Å². The summed E-state index contributed by atoms with van der Waals surface area (Å²) in [5.74, 6) is 1.58. The van der Waals surface area contributed by atoms with Crippen LogP contribution in [0.2, 0.25) is 0 Å². The summed E-state index contributed by atoms with van der Waals surface area (Å²) in [5.41, 5.74) is 2.90. The van der Waals surface area contributed by atoms with Gasteiger partial charge in [0.25, 0.3) is 0 Å². The van der Waals surface area contributed by atoms with Crippen molar-refractivity contribution >= 4 is 5.57 Å². The molecule has 1 aliphatic heterocycles. The number of hydrogen-bond acceptors (Lipinski definition) is 1. The fraction of sp³-hybridized carbons (Fsp3) is 0. The molecule has 0 radical (unpaired) electrons. The minimum Gasteiger partial charge on any atom is -0.456 e. The highest BCUT2D eigenvalue weighted by atomic mass is 16.5. The Labute approximate surface area is 102 Å². The third-order valence-electron chi connectivity index (χ3n) is 2.58.